The summed E-state index contributed by atoms with van der Waals surface area (Å²) in [5.41, 5.74) is 6.20. The van der Waals surface area contributed by atoms with E-state index >= 15 is 0 Å². The van der Waals surface area contributed by atoms with Crippen molar-refractivity contribution in [1.29, 1.82) is 0 Å². The number of hydrogen-bond donors (Lipinski definition) is 1. The second kappa shape index (κ2) is 8.15. The Morgan fingerprint density at radius 3 is 2.33 bits per heavy atom. The highest BCUT2D eigenvalue weighted by Crippen LogP contribution is 2.26. The van der Waals surface area contributed by atoms with Crippen molar-refractivity contribution in [2.45, 2.75) is 83.6 Å². The first-order valence-electron chi connectivity index (χ1n) is 7.08. The molecule has 0 spiro atoms. The third-order valence-electron chi connectivity index (χ3n) is 3.79. The Morgan fingerprint density at radius 1 is 1.07 bits per heavy atom. The average Bonchev–Trinajstić information content (AvgIpc) is 2.47. The van der Waals surface area contributed by atoms with Crippen LogP contribution in [0.5, 0.6) is 0 Å². The van der Waals surface area contributed by atoms with Crippen LogP contribution < -0.4 is 5.73 Å². The van der Waals surface area contributed by atoms with Crippen molar-refractivity contribution in [2.75, 3.05) is 0 Å². The van der Waals surface area contributed by atoms with E-state index in [0.29, 0.717) is 6.04 Å². The topological polar surface area (TPSA) is 26.0 Å². The molecule has 0 heterocycles. The van der Waals surface area contributed by atoms with E-state index in [9.17, 15) is 0 Å². The van der Waals surface area contributed by atoms with Gasteiger partial charge in [0.15, 0.2) is 0 Å². The SMILES string of the molecule is CCCCCC(N)CC1CCCCCC1. The van der Waals surface area contributed by atoms with Crippen molar-refractivity contribution in [3.63, 3.8) is 0 Å². The fourth-order valence-electron chi connectivity index (χ4n) is 2.80. The molecule has 1 aliphatic rings. The maximum absolute atomic E-state index is 6.20. The Balaban J connectivity index is 2.09. The summed E-state index contributed by atoms with van der Waals surface area (Å²) in [6.45, 7) is 2.26. The number of nitrogens with two attached hydrogens (primary N) is 1. The number of hydrogen-bond acceptors (Lipinski definition) is 1. The molecule has 1 nitrogen and oxygen atoms in total. The summed E-state index contributed by atoms with van der Waals surface area (Å²) >= 11 is 0. The van der Waals surface area contributed by atoms with Crippen LogP contribution in [0.25, 0.3) is 0 Å². The highest BCUT2D eigenvalue weighted by molar-refractivity contribution is 4.71. The van der Waals surface area contributed by atoms with Gasteiger partial charge in [-0.1, -0.05) is 64.7 Å². The minimum Gasteiger partial charge on any atom is -0.328 e. The van der Waals surface area contributed by atoms with Gasteiger partial charge in [-0.15, -0.1) is 0 Å². The molecule has 2 N–H and O–H groups in total. The normalized spacial score (nSPS) is 21.2. The van der Waals surface area contributed by atoms with Crippen molar-refractivity contribution in [3.8, 4) is 0 Å². The highest BCUT2D eigenvalue weighted by atomic mass is 14.6. The lowest BCUT2D eigenvalue weighted by Crippen LogP contribution is -2.23. The van der Waals surface area contributed by atoms with Gasteiger partial charge in [-0.25, -0.2) is 0 Å². The second-order valence-corrected chi connectivity index (χ2v) is 5.35. The van der Waals surface area contributed by atoms with Gasteiger partial charge >= 0.3 is 0 Å². The van der Waals surface area contributed by atoms with Crippen molar-refractivity contribution >= 4 is 0 Å². The van der Waals surface area contributed by atoms with Crippen LogP contribution >= 0.6 is 0 Å². The lowest BCUT2D eigenvalue weighted by molar-refractivity contribution is 0.373. The van der Waals surface area contributed by atoms with Gasteiger partial charge < -0.3 is 5.73 Å². The molecule has 1 aliphatic carbocycles. The minimum atomic E-state index is 0.486. The Bertz CT molecular complexity index is 136. The average molecular weight is 211 g/mol. The minimum absolute atomic E-state index is 0.486. The molecule has 1 saturated carbocycles. The zero-order valence-electron chi connectivity index (χ0n) is 10.5. The molecule has 0 aliphatic heterocycles. The van der Waals surface area contributed by atoms with Crippen LogP contribution in [0.2, 0.25) is 0 Å². The van der Waals surface area contributed by atoms with Gasteiger partial charge in [0.2, 0.25) is 0 Å². The van der Waals surface area contributed by atoms with Crippen LogP contribution in [0, 0.1) is 5.92 Å². The van der Waals surface area contributed by atoms with Gasteiger partial charge in [-0.3, -0.25) is 0 Å². The van der Waals surface area contributed by atoms with Crippen LogP contribution in [-0.4, -0.2) is 6.04 Å². The first kappa shape index (κ1) is 13.0. The van der Waals surface area contributed by atoms with Gasteiger partial charge in [0.05, 0.1) is 0 Å². The van der Waals surface area contributed by atoms with E-state index in [-0.39, 0.29) is 0 Å². The molecular formula is C14H29N. The van der Waals surface area contributed by atoms with E-state index < -0.39 is 0 Å². The predicted octanol–water partition coefficient (Wildman–Crippen LogP) is 4.25. The molecule has 90 valence electrons. The Morgan fingerprint density at radius 2 is 1.73 bits per heavy atom. The zero-order valence-corrected chi connectivity index (χ0v) is 10.5. The zero-order chi connectivity index (χ0) is 10.9. The summed E-state index contributed by atoms with van der Waals surface area (Å²) in [7, 11) is 0. The number of rotatable bonds is 6. The third-order valence-corrected chi connectivity index (χ3v) is 3.79. The molecule has 1 rings (SSSR count). The second-order valence-electron chi connectivity index (χ2n) is 5.35. The molecule has 0 bridgehead atoms. The monoisotopic (exact) mass is 211 g/mol. The molecule has 1 unspecified atom stereocenters. The van der Waals surface area contributed by atoms with Crippen molar-refractivity contribution in [2.24, 2.45) is 11.7 Å². The van der Waals surface area contributed by atoms with Crippen LogP contribution in [0.1, 0.15) is 77.6 Å². The van der Waals surface area contributed by atoms with E-state index in [0.717, 1.165) is 5.92 Å². The maximum Gasteiger partial charge on any atom is 0.00414 e. The van der Waals surface area contributed by atoms with Crippen molar-refractivity contribution in [3.05, 3.63) is 0 Å². The Hall–Kier alpha value is -0.0400. The van der Waals surface area contributed by atoms with Crippen LogP contribution in [0.3, 0.4) is 0 Å². The van der Waals surface area contributed by atoms with Crippen molar-refractivity contribution in [1.82, 2.24) is 0 Å². The summed E-state index contributed by atoms with van der Waals surface area (Å²) < 4.78 is 0. The smallest absolute Gasteiger partial charge is 0.00414 e. The van der Waals surface area contributed by atoms with E-state index in [1.165, 1.54) is 70.6 Å². The van der Waals surface area contributed by atoms with Gasteiger partial charge in [0, 0.05) is 6.04 Å². The fraction of sp³-hybridized carbons (Fsp3) is 1.00. The summed E-state index contributed by atoms with van der Waals surface area (Å²) in [6, 6.07) is 0.486. The third kappa shape index (κ3) is 6.19. The molecule has 0 radical (unpaired) electrons. The van der Waals surface area contributed by atoms with Gasteiger partial charge in [0.1, 0.15) is 0 Å². The fourth-order valence-corrected chi connectivity index (χ4v) is 2.80. The van der Waals surface area contributed by atoms with Gasteiger partial charge in [0.25, 0.3) is 0 Å². The first-order valence-corrected chi connectivity index (χ1v) is 7.08. The molecule has 0 amide bonds. The number of unbranched alkanes of at least 4 members (excludes halogenated alkanes) is 2. The summed E-state index contributed by atoms with van der Waals surface area (Å²) in [6.07, 6.45) is 15.3. The van der Waals surface area contributed by atoms with Gasteiger partial charge in [-0.05, 0) is 18.8 Å². The molecule has 0 aromatic rings. The maximum atomic E-state index is 6.20. The first-order chi connectivity index (χ1) is 7.33. The van der Waals surface area contributed by atoms with E-state index in [2.05, 4.69) is 6.92 Å². The summed E-state index contributed by atoms with van der Waals surface area (Å²) in [5, 5.41) is 0. The van der Waals surface area contributed by atoms with Gasteiger partial charge in [-0.2, -0.15) is 0 Å². The Kier molecular flexibility index (Phi) is 7.08. The predicted molar refractivity (Wildman–Crippen MR) is 67.9 cm³/mol. The lowest BCUT2D eigenvalue weighted by atomic mass is 9.91. The lowest BCUT2D eigenvalue weighted by Gasteiger charge is -2.19. The standard InChI is InChI=1S/C14H29N/c1-2-3-6-11-14(15)12-13-9-7-4-5-8-10-13/h13-14H,2-12,15H2,1H3. The Labute approximate surface area is 95.8 Å². The molecule has 0 aromatic carbocycles. The van der Waals surface area contributed by atoms with E-state index in [1.807, 2.05) is 0 Å². The van der Waals surface area contributed by atoms with Crippen LogP contribution in [0.4, 0.5) is 0 Å². The molecule has 1 heteroatoms. The summed E-state index contributed by atoms with van der Waals surface area (Å²) in [4.78, 5) is 0. The summed E-state index contributed by atoms with van der Waals surface area (Å²) in [5.74, 6) is 0.948. The quantitative estimate of drug-likeness (QED) is 0.516. The van der Waals surface area contributed by atoms with E-state index in [1.54, 1.807) is 0 Å². The molecular weight excluding hydrogens is 182 g/mol. The van der Waals surface area contributed by atoms with Crippen LogP contribution in [-0.2, 0) is 0 Å². The van der Waals surface area contributed by atoms with E-state index in [4.69, 9.17) is 5.73 Å². The highest BCUT2D eigenvalue weighted by Gasteiger charge is 2.15. The molecule has 0 aromatic heterocycles. The van der Waals surface area contributed by atoms with Crippen molar-refractivity contribution < 1.29 is 0 Å². The molecule has 1 atom stereocenters. The molecule has 1 fully saturated rings. The van der Waals surface area contributed by atoms with Crippen LogP contribution in [0.15, 0.2) is 0 Å². The molecule has 0 saturated heterocycles. The molecule has 15 heavy (non-hydrogen) atoms. The largest absolute Gasteiger partial charge is 0.328 e.